The zero-order valence-corrected chi connectivity index (χ0v) is 25.0. The average Bonchev–Trinajstić information content (AvgIpc) is 3.32. The molecule has 2 heterocycles. The van der Waals surface area contributed by atoms with E-state index in [0.29, 0.717) is 18.0 Å². The van der Waals surface area contributed by atoms with Crippen molar-refractivity contribution >= 4 is 43.5 Å². The molecule has 0 N–H and O–H groups in total. The van der Waals surface area contributed by atoms with Crippen LogP contribution < -0.4 is 9.64 Å². The first kappa shape index (κ1) is 30.2. The first-order valence-corrected chi connectivity index (χ1v) is 15.7. The third-order valence-corrected chi connectivity index (χ3v) is 7.55. The minimum absolute atomic E-state index is 0.0964. The van der Waals surface area contributed by atoms with Crippen LogP contribution in [0.4, 0.5) is 10.5 Å². The molecular formula is C28H36N2O8S2. The normalized spacial score (nSPS) is 17.0. The summed E-state index contributed by atoms with van der Waals surface area (Å²) in [5, 5.41) is 0.829. The second-order valence-corrected chi connectivity index (χ2v) is 13.3. The lowest BCUT2D eigenvalue weighted by Crippen LogP contribution is -2.35. The van der Waals surface area contributed by atoms with Crippen LogP contribution in [-0.4, -0.2) is 70.6 Å². The second-order valence-electron chi connectivity index (χ2n) is 10.6. The van der Waals surface area contributed by atoms with Crippen molar-refractivity contribution in [1.29, 1.82) is 0 Å². The predicted octanol–water partition coefficient (Wildman–Crippen LogP) is 5.60. The Morgan fingerprint density at radius 3 is 2.55 bits per heavy atom. The highest BCUT2D eigenvalue weighted by Crippen LogP contribution is 2.33. The number of fused-ring (bicyclic) bond motifs is 1. The molecule has 1 aliphatic rings. The van der Waals surface area contributed by atoms with E-state index in [4.69, 9.17) is 28.1 Å². The van der Waals surface area contributed by atoms with Gasteiger partial charge in [0.1, 0.15) is 29.1 Å². The van der Waals surface area contributed by atoms with E-state index in [-0.39, 0.29) is 13.2 Å². The van der Waals surface area contributed by atoms with E-state index in [1.165, 1.54) is 16.2 Å². The number of nitrogens with zero attached hydrogens (tertiary/aromatic N) is 2. The molecule has 2 atom stereocenters. The van der Waals surface area contributed by atoms with Crippen LogP contribution in [0.1, 0.15) is 40.0 Å². The van der Waals surface area contributed by atoms with E-state index in [1.54, 1.807) is 7.05 Å². The number of benzene rings is 2. The second kappa shape index (κ2) is 12.8. The summed E-state index contributed by atoms with van der Waals surface area (Å²) in [5.74, 6) is 0.606. The standard InChI is InChI=1S/C28H36N2O8S2/c1-28(2,3)38-27(31)30(4)20-11-9-19(10-12-20)26-29-23-14-13-21(16-24(23)39-26)35-17-22(18-36-40(5,32)33)37-25-8-6-7-15-34-25/h9-14,16,22,25H,6-8,15,17-18H2,1-5H3/t22-,25+/m0/s1. The van der Waals surface area contributed by atoms with Crippen molar-refractivity contribution in [3.8, 4) is 16.3 Å². The van der Waals surface area contributed by atoms with Crippen LogP contribution in [0.25, 0.3) is 20.8 Å². The van der Waals surface area contributed by atoms with Gasteiger partial charge < -0.3 is 18.9 Å². The number of aromatic nitrogens is 1. The molecule has 12 heteroatoms. The largest absolute Gasteiger partial charge is 0.491 e. The number of hydrogen-bond acceptors (Lipinski definition) is 10. The molecule has 4 rings (SSSR count). The number of thiazole rings is 1. The van der Waals surface area contributed by atoms with E-state index in [0.717, 1.165) is 46.3 Å². The molecule has 1 aromatic heterocycles. The third-order valence-electron chi connectivity index (χ3n) is 5.91. The topological polar surface area (TPSA) is 113 Å². The van der Waals surface area contributed by atoms with Crippen LogP contribution in [0.5, 0.6) is 5.75 Å². The fraction of sp³-hybridized carbons (Fsp3) is 0.500. The van der Waals surface area contributed by atoms with Gasteiger partial charge in [-0.05, 0) is 82.5 Å². The van der Waals surface area contributed by atoms with Crippen molar-refractivity contribution in [2.45, 2.75) is 58.0 Å². The number of hydrogen-bond donors (Lipinski definition) is 0. The summed E-state index contributed by atoms with van der Waals surface area (Å²) >= 11 is 1.52. The van der Waals surface area contributed by atoms with Crippen molar-refractivity contribution in [3.63, 3.8) is 0 Å². The number of carbonyl (C=O) groups is 1. The Balaban J connectivity index is 1.42. The number of rotatable bonds is 10. The number of amides is 1. The Bertz CT molecular complexity index is 1390. The zero-order chi connectivity index (χ0) is 28.9. The molecule has 1 saturated heterocycles. The number of carbonyl (C=O) groups excluding carboxylic acids is 1. The van der Waals surface area contributed by atoms with Gasteiger partial charge in [-0.25, -0.2) is 9.78 Å². The Morgan fingerprint density at radius 1 is 1.15 bits per heavy atom. The minimum atomic E-state index is -3.62. The molecule has 10 nitrogen and oxygen atoms in total. The average molecular weight is 593 g/mol. The summed E-state index contributed by atoms with van der Waals surface area (Å²) in [6.45, 7) is 6.04. The van der Waals surface area contributed by atoms with Crippen molar-refractivity contribution in [3.05, 3.63) is 42.5 Å². The van der Waals surface area contributed by atoms with Crippen LogP contribution in [0.3, 0.4) is 0 Å². The lowest BCUT2D eigenvalue weighted by Gasteiger charge is -2.27. The van der Waals surface area contributed by atoms with E-state index >= 15 is 0 Å². The number of anilines is 1. The van der Waals surface area contributed by atoms with Crippen LogP contribution in [0.2, 0.25) is 0 Å². The smallest absolute Gasteiger partial charge is 0.414 e. The highest BCUT2D eigenvalue weighted by molar-refractivity contribution is 7.85. The van der Waals surface area contributed by atoms with Crippen molar-refractivity contribution in [2.75, 3.05) is 38.0 Å². The van der Waals surface area contributed by atoms with E-state index < -0.39 is 34.2 Å². The molecule has 0 saturated carbocycles. The molecule has 218 valence electrons. The van der Waals surface area contributed by atoms with Crippen molar-refractivity contribution in [1.82, 2.24) is 4.98 Å². The van der Waals surface area contributed by atoms with Gasteiger partial charge in [-0.15, -0.1) is 11.3 Å². The maximum Gasteiger partial charge on any atom is 0.414 e. The van der Waals surface area contributed by atoms with Crippen LogP contribution in [-0.2, 0) is 28.5 Å². The van der Waals surface area contributed by atoms with Gasteiger partial charge in [-0.1, -0.05) is 0 Å². The van der Waals surface area contributed by atoms with Gasteiger partial charge in [0.15, 0.2) is 6.29 Å². The molecule has 1 aliphatic heterocycles. The minimum Gasteiger partial charge on any atom is -0.491 e. The van der Waals surface area contributed by atoms with Gasteiger partial charge in [-0.2, -0.15) is 8.42 Å². The molecule has 40 heavy (non-hydrogen) atoms. The molecule has 0 radical (unpaired) electrons. The lowest BCUT2D eigenvalue weighted by molar-refractivity contribution is -0.198. The highest BCUT2D eigenvalue weighted by Gasteiger charge is 2.23. The summed E-state index contributed by atoms with van der Waals surface area (Å²) in [5.41, 5.74) is 1.89. The first-order chi connectivity index (χ1) is 18.9. The van der Waals surface area contributed by atoms with Gasteiger partial charge in [0.25, 0.3) is 10.1 Å². The molecule has 1 amide bonds. The van der Waals surface area contributed by atoms with Crippen LogP contribution in [0, 0.1) is 0 Å². The fourth-order valence-corrected chi connectivity index (χ4v) is 5.33. The van der Waals surface area contributed by atoms with E-state index in [2.05, 4.69) is 0 Å². The summed E-state index contributed by atoms with van der Waals surface area (Å²) in [7, 11) is -1.95. The Kier molecular flexibility index (Phi) is 9.68. The fourth-order valence-electron chi connectivity index (χ4n) is 3.93. The van der Waals surface area contributed by atoms with Crippen molar-refractivity contribution < 1.29 is 36.3 Å². The van der Waals surface area contributed by atoms with Gasteiger partial charge in [0.2, 0.25) is 0 Å². The predicted molar refractivity (Wildman–Crippen MR) is 154 cm³/mol. The summed E-state index contributed by atoms with van der Waals surface area (Å²) in [6, 6.07) is 13.1. The third kappa shape index (κ3) is 8.87. The lowest BCUT2D eigenvalue weighted by atomic mass is 10.2. The van der Waals surface area contributed by atoms with Crippen LogP contribution in [0.15, 0.2) is 42.5 Å². The molecule has 0 unspecified atom stereocenters. The Hall–Kier alpha value is -2.77. The Morgan fingerprint density at radius 2 is 1.90 bits per heavy atom. The van der Waals surface area contributed by atoms with Crippen molar-refractivity contribution in [2.24, 2.45) is 0 Å². The van der Waals surface area contributed by atoms with Crippen LogP contribution >= 0.6 is 11.3 Å². The molecule has 1 fully saturated rings. The maximum absolute atomic E-state index is 12.4. The van der Waals surface area contributed by atoms with E-state index in [1.807, 2.05) is 63.2 Å². The maximum atomic E-state index is 12.4. The summed E-state index contributed by atoms with van der Waals surface area (Å²) in [4.78, 5) is 18.6. The summed E-state index contributed by atoms with van der Waals surface area (Å²) < 4.78 is 51.9. The first-order valence-electron chi connectivity index (χ1n) is 13.1. The zero-order valence-electron chi connectivity index (χ0n) is 23.4. The molecular weight excluding hydrogens is 556 g/mol. The van der Waals surface area contributed by atoms with Gasteiger partial charge in [0, 0.05) is 24.9 Å². The SMILES string of the molecule is CN(C(=O)OC(C)(C)C)c1ccc(-c2nc3ccc(OC[C@@H](COS(C)(=O)=O)O[C@@H]4CCCCO4)cc3s2)cc1. The highest BCUT2D eigenvalue weighted by atomic mass is 32.2. The molecule has 2 aromatic carbocycles. The molecule has 3 aromatic rings. The van der Waals surface area contributed by atoms with Gasteiger partial charge in [-0.3, -0.25) is 9.08 Å². The molecule has 0 aliphatic carbocycles. The monoisotopic (exact) mass is 592 g/mol. The number of ether oxygens (including phenoxy) is 4. The van der Waals surface area contributed by atoms with Gasteiger partial charge >= 0.3 is 6.09 Å². The van der Waals surface area contributed by atoms with Gasteiger partial charge in [0.05, 0.1) is 23.1 Å². The molecule has 0 spiro atoms. The Labute approximate surface area is 239 Å². The summed E-state index contributed by atoms with van der Waals surface area (Å²) in [6.07, 6.45) is 2.25. The molecule has 0 bridgehead atoms. The van der Waals surface area contributed by atoms with E-state index in [9.17, 15) is 13.2 Å². The quantitative estimate of drug-likeness (QED) is 0.278.